The van der Waals surface area contributed by atoms with Gasteiger partial charge in [0.1, 0.15) is 5.60 Å². The second-order valence-corrected chi connectivity index (χ2v) is 2.96. The van der Waals surface area contributed by atoms with Gasteiger partial charge in [-0.15, -0.1) is 0 Å². The lowest BCUT2D eigenvalue weighted by molar-refractivity contribution is -0.138. The maximum absolute atomic E-state index is 11.0. The smallest absolute Gasteiger partial charge is 0.251 e. The van der Waals surface area contributed by atoms with Crippen molar-refractivity contribution in [2.45, 2.75) is 38.7 Å². The van der Waals surface area contributed by atoms with Gasteiger partial charge in [-0.1, -0.05) is 19.8 Å². The van der Waals surface area contributed by atoms with Gasteiger partial charge >= 0.3 is 0 Å². The van der Waals surface area contributed by atoms with Crippen molar-refractivity contribution in [1.82, 2.24) is 5.32 Å². The Morgan fingerprint density at radius 1 is 1.64 bits per heavy atom. The molecule has 0 saturated carbocycles. The molecule has 0 aliphatic carbocycles. The summed E-state index contributed by atoms with van der Waals surface area (Å²) in [5, 5.41) is 11.9. The molecule has 0 fully saturated rings. The normalized spacial score (nSPS) is 15.6. The summed E-state index contributed by atoms with van der Waals surface area (Å²) in [5.41, 5.74) is -1.19. The van der Waals surface area contributed by atoms with Crippen LogP contribution in [0.2, 0.25) is 0 Å². The van der Waals surface area contributed by atoms with E-state index in [9.17, 15) is 9.90 Å². The van der Waals surface area contributed by atoms with Gasteiger partial charge in [0, 0.05) is 7.05 Å². The number of nitrogens with one attached hydrogen (secondary N) is 1. The van der Waals surface area contributed by atoms with Crippen molar-refractivity contribution in [2.24, 2.45) is 0 Å². The second kappa shape index (κ2) is 4.34. The van der Waals surface area contributed by atoms with E-state index >= 15 is 0 Å². The molecule has 3 nitrogen and oxygen atoms in total. The SMILES string of the molecule is CCCCC(C)(O)C(=O)NC. The van der Waals surface area contributed by atoms with Crippen molar-refractivity contribution in [1.29, 1.82) is 0 Å². The molecule has 66 valence electrons. The summed E-state index contributed by atoms with van der Waals surface area (Å²) >= 11 is 0. The lowest BCUT2D eigenvalue weighted by atomic mass is 9.98. The molecule has 1 unspecified atom stereocenters. The summed E-state index contributed by atoms with van der Waals surface area (Å²) in [6.07, 6.45) is 2.40. The van der Waals surface area contributed by atoms with E-state index < -0.39 is 5.60 Å². The van der Waals surface area contributed by atoms with Gasteiger partial charge in [0.2, 0.25) is 0 Å². The van der Waals surface area contributed by atoms with Crippen LogP contribution < -0.4 is 5.32 Å². The van der Waals surface area contributed by atoms with E-state index in [1.807, 2.05) is 6.92 Å². The molecule has 0 radical (unpaired) electrons. The van der Waals surface area contributed by atoms with Crippen LogP contribution in [0.1, 0.15) is 33.1 Å². The lowest BCUT2D eigenvalue weighted by Crippen LogP contribution is -2.42. The molecule has 1 atom stereocenters. The Balaban J connectivity index is 3.88. The van der Waals surface area contributed by atoms with E-state index in [2.05, 4.69) is 5.32 Å². The molecule has 2 N–H and O–H groups in total. The number of likely N-dealkylation sites (N-methyl/N-ethyl adjacent to an activating group) is 1. The lowest BCUT2D eigenvalue weighted by Gasteiger charge is -2.20. The van der Waals surface area contributed by atoms with Gasteiger partial charge in [0.15, 0.2) is 0 Å². The molecule has 0 aliphatic heterocycles. The van der Waals surface area contributed by atoms with Crippen LogP contribution in [0.4, 0.5) is 0 Å². The minimum absolute atomic E-state index is 0.300. The number of carbonyl (C=O) groups excluding carboxylic acids is 1. The molecule has 0 bridgehead atoms. The van der Waals surface area contributed by atoms with Crippen molar-refractivity contribution < 1.29 is 9.90 Å². The highest BCUT2D eigenvalue weighted by Gasteiger charge is 2.27. The Morgan fingerprint density at radius 2 is 2.18 bits per heavy atom. The van der Waals surface area contributed by atoms with Gasteiger partial charge in [0.25, 0.3) is 5.91 Å². The van der Waals surface area contributed by atoms with Crippen molar-refractivity contribution >= 4 is 5.91 Å². The molecule has 1 amide bonds. The van der Waals surface area contributed by atoms with E-state index in [1.165, 1.54) is 7.05 Å². The molecule has 11 heavy (non-hydrogen) atoms. The Bertz CT molecular complexity index is 132. The molecule has 0 aromatic carbocycles. The van der Waals surface area contributed by atoms with Crippen LogP contribution in [0.15, 0.2) is 0 Å². The summed E-state index contributed by atoms with van der Waals surface area (Å²) in [4.78, 5) is 11.0. The zero-order valence-electron chi connectivity index (χ0n) is 7.48. The molecule has 0 saturated heterocycles. The van der Waals surface area contributed by atoms with Crippen molar-refractivity contribution in [2.75, 3.05) is 7.05 Å². The van der Waals surface area contributed by atoms with E-state index in [1.54, 1.807) is 6.92 Å². The fraction of sp³-hybridized carbons (Fsp3) is 0.875. The number of rotatable bonds is 4. The number of aliphatic hydroxyl groups is 1. The van der Waals surface area contributed by atoms with E-state index in [0.717, 1.165) is 12.8 Å². The first kappa shape index (κ1) is 10.4. The number of hydrogen-bond donors (Lipinski definition) is 2. The second-order valence-electron chi connectivity index (χ2n) is 2.96. The van der Waals surface area contributed by atoms with Crippen LogP contribution in [0.5, 0.6) is 0 Å². The third-order valence-corrected chi connectivity index (χ3v) is 1.73. The molecular weight excluding hydrogens is 142 g/mol. The highest BCUT2D eigenvalue weighted by atomic mass is 16.3. The molecule has 0 aromatic heterocycles. The van der Waals surface area contributed by atoms with Gasteiger partial charge in [-0.3, -0.25) is 4.79 Å². The van der Waals surface area contributed by atoms with E-state index in [0.29, 0.717) is 6.42 Å². The van der Waals surface area contributed by atoms with E-state index in [4.69, 9.17) is 0 Å². The monoisotopic (exact) mass is 159 g/mol. The highest BCUT2D eigenvalue weighted by molar-refractivity contribution is 5.83. The van der Waals surface area contributed by atoms with Crippen molar-refractivity contribution in [3.8, 4) is 0 Å². The van der Waals surface area contributed by atoms with Crippen LogP contribution in [-0.4, -0.2) is 23.7 Å². The van der Waals surface area contributed by atoms with Crippen LogP contribution in [-0.2, 0) is 4.79 Å². The van der Waals surface area contributed by atoms with Crippen LogP contribution in [0.3, 0.4) is 0 Å². The zero-order chi connectivity index (χ0) is 8.91. The molecule has 0 aliphatic rings. The average Bonchev–Trinajstić information content (AvgIpc) is 1.99. The fourth-order valence-corrected chi connectivity index (χ4v) is 0.904. The summed E-state index contributed by atoms with van der Waals surface area (Å²) in [6.45, 7) is 3.57. The van der Waals surface area contributed by atoms with Gasteiger partial charge in [-0.25, -0.2) is 0 Å². The maximum Gasteiger partial charge on any atom is 0.251 e. The largest absolute Gasteiger partial charge is 0.380 e. The van der Waals surface area contributed by atoms with Crippen molar-refractivity contribution in [3.63, 3.8) is 0 Å². The zero-order valence-corrected chi connectivity index (χ0v) is 7.48. The Hall–Kier alpha value is -0.570. The molecule has 0 rings (SSSR count). The highest BCUT2D eigenvalue weighted by Crippen LogP contribution is 2.12. The number of unbranched alkanes of at least 4 members (excludes halogenated alkanes) is 1. The Kier molecular flexibility index (Phi) is 4.11. The van der Waals surface area contributed by atoms with Crippen LogP contribution >= 0.6 is 0 Å². The molecule has 0 spiro atoms. The van der Waals surface area contributed by atoms with Gasteiger partial charge in [-0.05, 0) is 13.3 Å². The number of carbonyl (C=O) groups is 1. The minimum atomic E-state index is -1.19. The van der Waals surface area contributed by atoms with Crippen molar-refractivity contribution in [3.05, 3.63) is 0 Å². The quantitative estimate of drug-likeness (QED) is 0.633. The van der Waals surface area contributed by atoms with Crippen LogP contribution in [0.25, 0.3) is 0 Å². The average molecular weight is 159 g/mol. The summed E-state index contributed by atoms with van der Waals surface area (Å²) < 4.78 is 0. The first-order valence-electron chi connectivity index (χ1n) is 3.99. The molecule has 3 heteroatoms. The van der Waals surface area contributed by atoms with Gasteiger partial charge < -0.3 is 10.4 Å². The maximum atomic E-state index is 11.0. The van der Waals surface area contributed by atoms with E-state index in [-0.39, 0.29) is 5.91 Å². The van der Waals surface area contributed by atoms with Gasteiger partial charge in [-0.2, -0.15) is 0 Å². The predicted octanol–water partition coefficient (Wildman–Crippen LogP) is 0.674. The standard InChI is InChI=1S/C8H17NO2/c1-4-5-6-8(2,11)7(10)9-3/h11H,4-6H2,1-3H3,(H,9,10). The fourth-order valence-electron chi connectivity index (χ4n) is 0.904. The topological polar surface area (TPSA) is 49.3 Å². The Labute approximate surface area is 67.8 Å². The van der Waals surface area contributed by atoms with Crippen LogP contribution in [0, 0.1) is 0 Å². The molecule has 0 heterocycles. The third kappa shape index (κ3) is 3.37. The molecular formula is C8H17NO2. The summed E-state index contributed by atoms with van der Waals surface area (Å²) in [5.74, 6) is -0.300. The first-order chi connectivity index (χ1) is 5.04. The Morgan fingerprint density at radius 3 is 2.55 bits per heavy atom. The van der Waals surface area contributed by atoms with Gasteiger partial charge in [0.05, 0.1) is 0 Å². The molecule has 0 aromatic rings. The number of amides is 1. The predicted molar refractivity (Wildman–Crippen MR) is 44.2 cm³/mol. The first-order valence-corrected chi connectivity index (χ1v) is 3.99. The summed E-state index contributed by atoms with van der Waals surface area (Å²) in [6, 6.07) is 0. The minimum Gasteiger partial charge on any atom is -0.380 e. The summed E-state index contributed by atoms with van der Waals surface area (Å²) in [7, 11) is 1.53. The third-order valence-electron chi connectivity index (χ3n) is 1.73. The number of hydrogen-bond acceptors (Lipinski definition) is 2.